The fraction of sp³-hybridized carbons (Fsp3) is 0.174. The lowest BCUT2D eigenvalue weighted by atomic mass is 10.0. The summed E-state index contributed by atoms with van der Waals surface area (Å²) in [5, 5.41) is 0. The van der Waals surface area contributed by atoms with Gasteiger partial charge in [-0.3, -0.25) is 4.79 Å². The number of benzene rings is 3. The molecule has 0 aliphatic heterocycles. The van der Waals surface area contributed by atoms with Crippen LogP contribution >= 0.6 is 0 Å². The molecule has 3 heteroatoms. The summed E-state index contributed by atoms with van der Waals surface area (Å²) in [5.41, 5.74) is 3.36. The van der Waals surface area contributed by atoms with Gasteiger partial charge in [-0.2, -0.15) is 0 Å². The highest BCUT2D eigenvalue weighted by molar-refractivity contribution is 5.94. The lowest BCUT2D eigenvalue weighted by Crippen LogP contribution is -2.35. The van der Waals surface area contributed by atoms with E-state index >= 15 is 0 Å². The predicted molar refractivity (Wildman–Crippen MR) is 103 cm³/mol. The van der Waals surface area contributed by atoms with Crippen molar-refractivity contribution in [3.63, 3.8) is 0 Å². The van der Waals surface area contributed by atoms with Crippen molar-refractivity contribution < 1.29 is 9.18 Å². The van der Waals surface area contributed by atoms with Crippen molar-refractivity contribution in [2.24, 2.45) is 0 Å². The van der Waals surface area contributed by atoms with Gasteiger partial charge in [-0.15, -0.1) is 0 Å². The van der Waals surface area contributed by atoms with E-state index in [0.717, 1.165) is 16.7 Å². The molecule has 1 amide bonds. The molecule has 1 unspecified atom stereocenters. The molecule has 2 nitrogen and oxygen atoms in total. The van der Waals surface area contributed by atoms with E-state index in [1.165, 1.54) is 0 Å². The molecule has 0 bridgehead atoms. The van der Waals surface area contributed by atoms with Crippen LogP contribution in [0.5, 0.6) is 0 Å². The number of hydrogen-bond donors (Lipinski definition) is 0. The predicted octanol–water partition coefficient (Wildman–Crippen LogP) is 5.35. The van der Waals surface area contributed by atoms with Crippen LogP contribution in [0.3, 0.4) is 0 Å². The molecule has 0 aromatic heterocycles. The number of halogens is 1. The Hall–Kier alpha value is -2.94. The van der Waals surface area contributed by atoms with Gasteiger partial charge in [0.05, 0.1) is 6.04 Å². The van der Waals surface area contributed by atoms with Crippen LogP contribution in [0, 0.1) is 6.92 Å². The molecule has 0 saturated carbocycles. The van der Waals surface area contributed by atoms with Crippen molar-refractivity contribution in [1.82, 2.24) is 4.90 Å². The molecule has 1 atom stereocenters. The zero-order valence-corrected chi connectivity index (χ0v) is 14.8. The first-order valence-corrected chi connectivity index (χ1v) is 8.71. The summed E-state index contributed by atoms with van der Waals surface area (Å²) in [4.78, 5) is 14.9. The third-order valence-corrected chi connectivity index (χ3v) is 4.43. The van der Waals surface area contributed by atoms with Crippen molar-refractivity contribution in [2.45, 2.75) is 19.5 Å². The van der Waals surface area contributed by atoms with Gasteiger partial charge in [0.1, 0.15) is 6.67 Å². The number of hydrogen-bond acceptors (Lipinski definition) is 1. The average molecular weight is 347 g/mol. The molecular formula is C23H22FNO. The molecule has 0 spiro atoms. The minimum atomic E-state index is -0.631. The zero-order valence-electron chi connectivity index (χ0n) is 14.8. The Kier molecular flexibility index (Phi) is 5.80. The Labute approximate surface area is 153 Å². The van der Waals surface area contributed by atoms with E-state index in [-0.39, 0.29) is 5.91 Å². The van der Waals surface area contributed by atoms with Crippen LogP contribution in [0.4, 0.5) is 4.39 Å². The molecule has 0 aliphatic rings. The minimum Gasteiger partial charge on any atom is -0.325 e. The normalized spacial score (nSPS) is 11.8. The van der Waals surface area contributed by atoms with Crippen molar-refractivity contribution in [1.29, 1.82) is 0 Å². The lowest BCUT2D eigenvalue weighted by Gasteiger charge is -2.31. The molecule has 3 aromatic rings. The number of amides is 1. The first-order valence-electron chi connectivity index (χ1n) is 8.71. The van der Waals surface area contributed by atoms with Crippen LogP contribution in [-0.4, -0.2) is 17.5 Å². The van der Waals surface area contributed by atoms with Crippen LogP contribution in [0.1, 0.15) is 33.1 Å². The van der Waals surface area contributed by atoms with Crippen LogP contribution < -0.4 is 0 Å². The fourth-order valence-electron chi connectivity index (χ4n) is 3.08. The summed E-state index contributed by atoms with van der Waals surface area (Å²) in [6.45, 7) is 1.67. The van der Waals surface area contributed by atoms with E-state index < -0.39 is 12.7 Å². The molecule has 0 radical (unpaired) electrons. The van der Waals surface area contributed by atoms with Gasteiger partial charge < -0.3 is 4.90 Å². The first-order chi connectivity index (χ1) is 12.7. The standard InChI is InChI=1S/C23H22FNO/c1-18-9-8-14-21(15-18)23(26)25(17-19-10-4-2-5-11-19)22(16-24)20-12-6-3-7-13-20/h2-15,22H,16-17H2,1H3. The molecule has 26 heavy (non-hydrogen) atoms. The van der Waals surface area contributed by atoms with Gasteiger partial charge in [-0.05, 0) is 30.2 Å². The van der Waals surface area contributed by atoms with Gasteiger partial charge in [-0.1, -0.05) is 78.4 Å². The van der Waals surface area contributed by atoms with E-state index in [4.69, 9.17) is 0 Å². The van der Waals surface area contributed by atoms with E-state index in [2.05, 4.69) is 0 Å². The van der Waals surface area contributed by atoms with Gasteiger partial charge in [0.2, 0.25) is 0 Å². The molecular weight excluding hydrogens is 325 g/mol. The summed E-state index contributed by atoms with van der Waals surface area (Å²) >= 11 is 0. The Morgan fingerprint density at radius 1 is 0.923 bits per heavy atom. The van der Waals surface area contributed by atoms with E-state index in [1.807, 2.05) is 85.8 Å². The summed E-state index contributed by atoms with van der Waals surface area (Å²) in [7, 11) is 0. The number of carbonyl (C=O) groups excluding carboxylic acids is 1. The van der Waals surface area contributed by atoms with Crippen LogP contribution in [0.25, 0.3) is 0 Å². The number of aryl methyl sites for hydroxylation is 1. The maximum atomic E-state index is 14.1. The third-order valence-electron chi connectivity index (χ3n) is 4.43. The second-order valence-electron chi connectivity index (χ2n) is 6.37. The van der Waals surface area contributed by atoms with Crippen molar-refractivity contribution in [3.8, 4) is 0 Å². The van der Waals surface area contributed by atoms with E-state index in [1.54, 1.807) is 11.0 Å². The smallest absolute Gasteiger partial charge is 0.254 e. The number of rotatable bonds is 6. The first kappa shape index (κ1) is 17.9. The van der Waals surface area contributed by atoms with Gasteiger partial charge in [-0.25, -0.2) is 4.39 Å². The topological polar surface area (TPSA) is 20.3 Å². The van der Waals surface area contributed by atoms with Crippen LogP contribution in [0.2, 0.25) is 0 Å². The summed E-state index contributed by atoms with van der Waals surface area (Å²) < 4.78 is 14.1. The summed E-state index contributed by atoms with van der Waals surface area (Å²) in [6.07, 6.45) is 0. The summed E-state index contributed by atoms with van der Waals surface area (Å²) in [6, 6.07) is 25.9. The van der Waals surface area contributed by atoms with Gasteiger partial charge >= 0.3 is 0 Å². The Balaban J connectivity index is 1.99. The molecule has 0 saturated heterocycles. The Morgan fingerprint density at radius 2 is 1.58 bits per heavy atom. The van der Waals surface area contributed by atoms with Crippen LogP contribution in [0.15, 0.2) is 84.9 Å². The molecule has 132 valence electrons. The highest BCUT2D eigenvalue weighted by Crippen LogP contribution is 2.26. The van der Waals surface area contributed by atoms with E-state index in [0.29, 0.717) is 12.1 Å². The average Bonchev–Trinajstić information content (AvgIpc) is 2.69. The molecule has 0 heterocycles. The van der Waals surface area contributed by atoms with Gasteiger partial charge in [0, 0.05) is 12.1 Å². The SMILES string of the molecule is Cc1cccc(C(=O)N(Cc2ccccc2)C(CF)c2ccccc2)c1. The number of alkyl halides is 1. The molecule has 0 fully saturated rings. The second-order valence-corrected chi connectivity index (χ2v) is 6.37. The quantitative estimate of drug-likeness (QED) is 0.589. The van der Waals surface area contributed by atoms with Crippen LogP contribution in [-0.2, 0) is 6.54 Å². The van der Waals surface area contributed by atoms with Crippen molar-refractivity contribution >= 4 is 5.91 Å². The second kappa shape index (κ2) is 8.43. The lowest BCUT2D eigenvalue weighted by molar-refractivity contribution is 0.0626. The third kappa shape index (κ3) is 4.17. The van der Waals surface area contributed by atoms with Crippen molar-refractivity contribution in [2.75, 3.05) is 6.67 Å². The highest BCUT2D eigenvalue weighted by Gasteiger charge is 2.26. The minimum absolute atomic E-state index is 0.163. The van der Waals surface area contributed by atoms with Crippen molar-refractivity contribution in [3.05, 3.63) is 107 Å². The fourth-order valence-corrected chi connectivity index (χ4v) is 3.08. The monoisotopic (exact) mass is 347 g/mol. The van der Waals surface area contributed by atoms with E-state index in [9.17, 15) is 9.18 Å². The number of nitrogens with zero attached hydrogens (tertiary/aromatic N) is 1. The Morgan fingerprint density at radius 3 is 2.19 bits per heavy atom. The largest absolute Gasteiger partial charge is 0.325 e. The maximum Gasteiger partial charge on any atom is 0.254 e. The number of carbonyl (C=O) groups is 1. The zero-order chi connectivity index (χ0) is 18.4. The van der Waals surface area contributed by atoms with Gasteiger partial charge in [0.25, 0.3) is 5.91 Å². The molecule has 3 rings (SSSR count). The molecule has 0 aliphatic carbocycles. The molecule has 0 N–H and O–H groups in total. The Bertz CT molecular complexity index is 848. The molecule has 3 aromatic carbocycles. The highest BCUT2D eigenvalue weighted by atomic mass is 19.1. The maximum absolute atomic E-state index is 14.1. The van der Waals surface area contributed by atoms with Gasteiger partial charge in [0.15, 0.2) is 0 Å². The summed E-state index contributed by atoms with van der Waals surface area (Å²) in [5.74, 6) is -0.163.